The highest BCUT2D eigenvalue weighted by Gasteiger charge is 2.33. The van der Waals surface area contributed by atoms with E-state index < -0.39 is 17.4 Å². The largest absolute Gasteiger partial charge is 0.422 e. The quantitative estimate of drug-likeness (QED) is 0.435. The summed E-state index contributed by atoms with van der Waals surface area (Å²) in [6, 6.07) is 4.21. The first-order chi connectivity index (χ1) is 18.6. The first-order valence-corrected chi connectivity index (χ1v) is 13.4. The summed E-state index contributed by atoms with van der Waals surface area (Å²) in [5.41, 5.74) is 1.06. The van der Waals surface area contributed by atoms with Crippen LogP contribution in [0, 0.1) is 19.8 Å². The van der Waals surface area contributed by atoms with Crippen molar-refractivity contribution in [2.75, 3.05) is 11.9 Å². The molecule has 0 aromatic carbocycles. The molecule has 12 nitrogen and oxygen atoms in total. The molecule has 0 radical (unpaired) electrons. The molecule has 1 saturated carbocycles. The minimum Gasteiger partial charge on any atom is -0.422 e. The lowest BCUT2D eigenvalue weighted by atomic mass is 9.98. The van der Waals surface area contributed by atoms with Gasteiger partial charge in [-0.1, -0.05) is 25.7 Å². The predicted octanol–water partition coefficient (Wildman–Crippen LogP) is 3.55. The maximum Gasteiger partial charge on any atom is 0.322 e. The van der Waals surface area contributed by atoms with Crippen molar-refractivity contribution in [1.82, 2.24) is 29.5 Å². The normalized spacial score (nSPS) is 19.7. The molecule has 4 heterocycles. The Labute approximate surface area is 226 Å². The second-order valence-corrected chi connectivity index (χ2v) is 10.8. The maximum atomic E-state index is 13.5. The van der Waals surface area contributed by atoms with E-state index in [2.05, 4.69) is 25.5 Å². The zero-order valence-corrected chi connectivity index (χ0v) is 22.8. The Hall–Kier alpha value is -3.64. The first kappa shape index (κ1) is 26.9. The summed E-state index contributed by atoms with van der Waals surface area (Å²) < 4.78 is 20.1. The number of hydrogen-bond acceptors (Lipinski definition) is 9. The highest BCUT2D eigenvalue weighted by Crippen LogP contribution is 2.32. The van der Waals surface area contributed by atoms with Gasteiger partial charge in [-0.3, -0.25) is 14.3 Å². The molecule has 1 N–H and O–H groups in total. The lowest BCUT2D eigenvalue weighted by Crippen LogP contribution is -2.36. The monoisotopic (exact) mass is 537 g/mol. The highest BCUT2D eigenvalue weighted by molar-refractivity contribution is 5.92. The van der Waals surface area contributed by atoms with E-state index in [-0.39, 0.29) is 23.8 Å². The molecule has 208 valence electrons. The van der Waals surface area contributed by atoms with E-state index in [1.54, 1.807) is 16.9 Å². The molecule has 3 aromatic rings. The number of rotatable bonds is 9. The third-order valence-corrected chi connectivity index (χ3v) is 6.95. The molecule has 39 heavy (non-hydrogen) atoms. The summed E-state index contributed by atoms with van der Waals surface area (Å²) in [4.78, 5) is 35.1. The lowest BCUT2D eigenvalue weighted by Gasteiger charge is -2.21. The summed E-state index contributed by atoms with van der Waals surface area (Å²) in [6.45, 7) is 8.39. The van der Waals surface area contributed by atoms with Crippen LogP contribution in [-0.4, -0.2) is 53.9 Å². The molecular formula is C27H35N7O5. The van der Waals surface area contributed by atoms with Crippen molar-refractivity contribution < 1.29 is 19.0 Å². The number of nitrogens with zero attached hydrogens (tertiary/aromatic N) is 6. The topological polar surface area (TPSA) is 135 Å². The Morgan fingerprint density at radius 1 is 1.21 bits per heavy atom. The van der Waals surface area contributed by atoms with Crippen molar-refractivity contribution in [2.24, 2.45) is 5.92 Å². The highest BCUT2D eigenvalue weighted by atomic mass is 16.7. The van der Waals surface area contributed by atoms with E-state index >= 15 is 0 Å². The SMILES string of the molecule is Cc1cc(C)nc(Oc2cnn(C(CC3CCCC3)C(=O)Nc3ccn(C[C@@H]4COC(C)(C)O4)n3)c(=O)c2)n1. The van der Waals surface area contributed by atoms with Crippen molar-refractivity contribution in [3.05, 3.63) is 52.3 Å². The Kier molecular flexibility index (Phi) is 7.76. The van der Waals surface area contributed by atoms with Gasteiger partial charge in [-0.15, -0.1) is 0 Å². The number of carbonyl (C=O) groups is 1. The molecule has 0 spiro atoms. The van der Waals surface area contributed by atoms with E-state index in [0.29, 0.717) is 31.3 Å². The second-order valence-electron chi connectivity index (χ2n) is 10.8. The molecule has 1 saturated heterocycles. The van der Waals surface area contributed by atoms with Gasteiger partial charge in [0, 0.05) is 29.7 Å². The Morgan fingerprint density at radius 3 is 2.62 bits per heavy atom. The van der Waals surface area contributed by atoms with E-state index in [1.165, 1.54) is 16.9 Å². The molecule has 2 atom stereocenters. The molecule has 1 unspecified atom stereocenters. The van der Waals surface area contributed by atoms with Gasteiger partial charge in [0.2, 0.25) is 0 Å². The van der Waals surface area contributed by atoms with Crippen LogP contribution in [0.1, 0.15) is 63.4 Å². The molecule has 1 amide bonds. The van der Waals surface area contributed by atoms with E-state index in [0.717, 1.165) is 37.1 Å². The molecule has 5 rings (SSSR count). The van der Waals surface area contributed by atoms with Crippen LogP contribution in [0.3, 0.4) is 0 Å². The number of carbonyl (C=O) groups excluding carboxylic acids is 1. The van der Waals surface area contributed by atoms with Crippen LogP contribution in [0.4, 0.5) is 5.82 Å². The van der Waals surface area contributed by atoms with Crippen LogP contribution >= 0.6 is 0 Å². The minimum absolute atomic E-state index is 0.129. The third kappa shape index (κ3) is 6.87. The van der Waals surface area contributed by atoms with Crippen LogP contribution in [0.2, 0.25) is 0 Å². The molecule has 3 aromatic heterocycles. The molecule has 2 aliphatic rings. The molecular weight excluding hydrogens is 502 g/mol. The number of ether oxygens (including phenoxy) is 3. The summed E-state index contributed by atoms with van der Waals surface area (Å²) in [6.07, 6.45) is 7.88. The van der Waals surface area contributed by atoms with Crippen molar-refractivity contribution in [3.63, 3.8) is 0 Å². The van der Waals surface area contributed by atoms with Gasteiger partial charge in [0.15, 0.2) is 17.4 Å². The standard InChI is InChI=1S/C27H35N7O5/c1-17-11-18(2)30-26(29-17)38-20-13-24(35)34(28-14-20)22(12-19-7-5-6-8-19)25(36)31-23-9-10-33(32-23)15-21-16-37-27(3,4)39-21/h9-11,13-14,19,21-22H,5-8,12,15-16H2,1-4H3,(H,31,32,36)/t21-,22?/m1/s1. The zero-order chi connectivity index (χ0) is 27.6. The summed E-state index contributed by atoms with van der Waals surface area (Å²) in [7, 11) is 0. The van der Waals surface area contributed by atoms with E-state index in [4.69, 9.17) is 14.2 Å². The summed E-state index contributed by atoms with van der Waals surface area (Å²) >= 11 is 0. The number of nitrogens with one attached hydrogen (secondary N) is 1. The number of anilines is 1. The van der Waals surface area contributed by atoms with Gasteiger partial charge in [0.1, 0.15) is 12.1 Å². The van der Waals surface area contributed by atoms with E-state index in [9.17, 15) is 9.59 Å². The van der Waals surface area contributed by atoms with Gasteiger partial charge in [-0.25, -0.2) is 14.6 Å². The van der Waals surface area contributed by atoms with Crippen LogP contribution < -0.4 is 15.6 Å². The smallest absolute Gasteiger partial charge is 0.322 e. The average molecular weight is 538 g/mol. The number of aromatic nitrogens is 6. The van der Waals surface area contributed by atoms with Crippen molar-refractivity contribution in [3.8, 4) is 11.8 Å². The fourth-order valence-corrected chi connectivity index (χ4v) is 5.22. The van der Waals surface area contributed by atoms with Gasteiger partial charge in [-0.2, -0.15) is 10.2 Å². The van der Waals surface area contributed by atoms with Crippen molar-refractivity contribution in [1.29, 1.82) is 0 Å². The molecule has 0 bridgehead atoms. The Morgan fingerprint density at radius 2 is 1.95 bits per heavy atom. The van der Waals surface area contributed by atoms with Crippen molar-refractivity contribution >= 4 is 11.7 Å². The zero-order valence-electron chi connectivity index (χ0n) is 22.8. The van der Waals surface area contributed by atoms with Crippen LogP contribution in [0.5, 0.6) is 11.8 Å². The summed E-state index contributed by atoms with van der Waals surface area (Å²) in [5, 5.41) is 11.7. The average Bonchev–Trinajstić information content (AvgIpc) is 3.60. The fourth-order valence-electron chi connectivity index (χ4n) is 5.22. The van der Waals surface area contributed by atoms with Gasteiger partial charge in [0.05, 0.1) is 19.3 Å². The van der Waals surface area contributed by atoms with Crippen LogP contribution in [0.15, 0.2) is 35.4 Å². The predicted molar refractivity (Wildman–Crippen MR) is 141 cm³/mol. The number of aryl methyl sites for hydroxylation is 2. The molecule has 1 aliphatic heterocycles. The molecule has 2 fully saturated rings. The van der Waals surface area contributed by atoms with E-state index in [1.807, 2.05) is 33.8 Å². The second kappa shape index (κ2) is 11.2. The Bertz CT molecular complexity index is 1360. The maximum absolute atomic E-state index is 13.5. The summed E-state index contributed by atoms with van der Waals surface area (Å²) in [5.74, 6) is -0.00479. The van der Waals surface area contributed by atoms with Gasteiger partial charge in [0.25, 0.3) is 11.5 Å². The molecule has 12 heteroatoms. The number of amides is 1. The lowest BCUT2D eigenvalue weighted by molar-refractivity contribution is -0.139. The van der Waals surface area contributed by atoms with Crippen LogP contribution in [-0.2, 0) is 20.8 Å². The van der Waals surface area contributed by atoms with Gasteiger partial charge >= 0.3 is 6.01 Å². The van der Waals surface area contributed by atoms with Gasteiger partial charge < -0.3 is 19.5 Å². The third-order valence-electron chi connectivity index (χ3n) is 6.95. The Balaban J connectivity index is 1.31. The first-order valence-electron chi connectivity index (χ1n) is 13.4. The number of hydrogen-bond donors (Lipinski definition) is 1. The van der Waals surface area contributed by atoms with Crippen LogP contribution in [0.25, 0.3) is 0 Å². The van der Waals surface area contributed by atoms with Crippen molar-refractivity contribution in [2.45, 2.75) is 84.3 Å². The molecule has 1 aliphatic carbocycles. The van der Waals surface area contributed by atoms with Gasteiger partial charge in [-0.05, 0) is 46.1 Å². The minimum atomic E-state index is -0.787. The fraction of sp³-hybridized carbons (Fsp3) is 0.556.